The predicted molar refractivity (Wildman–Crippen MR) is 76.2 cm³/mol. The van der Waals surface area contributed by atoms with E-state index in [1.54, 1.807) is 24.5 Å². The number of furan rings is 1. The van der Waals surface area contributed by atoms with E-state index < -0.39 is 0 Å². The Hall–Kier alpha value is -2.43. The van der Waals surface area contributed by atoms with Gasteiger partial charge < -0.3 is 20.2 Å². The monoisotopic (exact) mass is 274 g/mol. The van der Waals surface area contributed by atoms with Crippen molar-refractivity contribution in [2.75, 3.05) is 12.3 Å². The van der Waals surface area contributed by atoms with Gasteiger partial charge in [-0.05, 0) is 31.2 Å². The number of nitrogens with one attached hydrogen (secondary N) is 1. The molecule has 0 radical (unpaired) electrons. The topological polar surface area (TPSA) is 77.5 Å². The molecule has 0 bridgehead atoms. The summed E-state index contributed by atoms with van der Waals surface area (Å²) in [7, 11) is 0. The summed E-state index contributed by atoms with van der Waals surface area (Å²) in [5, 5.41) is 2.84. The molecular weight excluding hydrogens is 256 g/mol. The van der Waals surface area contributed by atoms with Crippen LogP contribution in [0.2, 0.25) is 0 Å². The quantitative estimate of drug-likeness (QED) is 0.793. The largest absolute Gasteiger partial charge is 0.491 e. The van der Waals surface area contributed by atoms with E-state index in [9.17, 15) is 4.79 Å². The van der Waals surface area contributed by atoms with Crippen molar-refractivity contribution in [1.29, 1.82) is 0 Å². The van der Waals surface area contributed by atoms with Crippen LogP contribution in [-0.2, 0) is 4.79 Å². The Labute approximate surface area is 117 Å². The second kappa shape index (κ2) is 6.65. The van der Waals surface area contributed by atoms with E-state index in [2.05, 4.69) is 5.32 Å². The first-order valence-electron chi connectivity index (χ1n) is 6.47. The van der Waals surface area contributed by atoms with Crippen LogP contribution in [0.3, 0.4) is 0 Å². The first kappa shape index (κ1) is 14.0. The number of carbonyl (C=O) groups excluding carboxylic acids is 1. The van der Waals surface area contributed by atoms with Gasteiger partial charge in [0.25, 0.3) is 0 Å². The molecule has 1 unspecified atom stereocenters. The van der Waals surface area contributed by atoms with Gasteiger partial charge in [-0.15, -0.1) is 0 Å². The number of carbonyl (C=O) groups is 1. The highest BCUT2D eigenvalue weighted by atomic mass is 16.5. The maximum Gasteiger partial charge on any atom is 0.224 e. The second-order valence-corrected chi connectivity index (χ2v) is 4.44. The summed E-state index contributed by atoms with van der Waals surface area (Å²) < 4.78 is 10.7. The molecule has 0 aliphatic heterocycles. The van der Waals surface area contributed by atoms with E-state index >= 15 is 0 Å². The molecule has 5 nitrogen and oxygen atoms in total. The zero-order valence-corrected chi connectivity index (χ0v) is 11.3. The molecule has 2 rings (SSSR count). The number of hydrogen-bond donors (Lipinski definition) is 2. The van der Waals surface area contributed by atoms with E-state index in [4.69, 9.17) is 14.9 Å². The number of amides is 1. The van der Waals surface area contributed by atoms with Gasteiger partial charge in [-0.25, -0.2) is 0 Å². The summed E-state index contributed by atoms with van der Waals surface area (Å²) in [6.45, 7) is 2.15. The maximum absolute atomic E-state index is 11.8. The lowest BCUT2D eigenvalue weighted by Gasteiger charge is -2.12. The van der Waals surface area contributed by atoms with Crippen LogP contribution in [0, 0.1) is 0 Å². The Morgan fingerprint density at radius 3 is 2.85 bits per heavy atom. The Bertz CT molecular complexity index is 552. The van der Waals surface area contributed by atoms with Gasteiger partial charge in [-0.3, -0.25) is 4.79 Å². The van der Waals surface area contributed by atoms with Crippen molar-refractivity contribution in [2.45, 2.75) is 19.4 Å². The molecule has 0 spiro atoms. The molecule has 0 aliphatic carbocycles. The number of nitrogen functional groups attached to an aromatic ring is 1. The fourth-order valence-electron chi connectivity index (χ4n) is 1.79. The third-order valence-corrected chi connectivity index (χ3v) is 2.85. The van der Waals surface area contributed by atoms with Gasteiger partial charge in [0.2, 0.25) is 5.91 Å². The van der Waals surface area contributed by atoms with E-state index in [1.165, 1.54) is 0 Å². The fourth-order valence-corrected chi connectivity index (χ4v) is 1.79. The van der Waals surface area contributed by atoms with Crippen LogP contribution in [0.1, 0.15) is 25.1 Å². The number of nitrogens with two attached hydrogens (primary N) is 1. The molecule has 5 heteroatoms. The zero-order valence-electron chi connectivity index (χ0n) is 11.3. The Morgan fingerprint density at radius 2 is 2.15 bits per heavy atom. The first-order valence-corrected chi connectivity index (χ1v) is 6.47. The fraction of sp³-hybridized carbons (Fsp3) is 0.267. The summed E-state index contributed by atoms with van der Waals surface area (Å²) >= 11 is 0. The summed E-state index contributed by atoms with van der Waals surface area (Å²) in [6, 6.07) is 10.7. The van der Waals surface area contributed by atoms with E-state index in [-0.39, 0.29) is 25.0 Å². The van der Waals surface area contributed by atoms with Crippen LogP contribution in [-0.4, -0.2) is 12.5 Å². The summed E-state index contributed by atoms with van der Waals surface area (Å²) in [5.41, 5.74) is 6.31. The highest BCUT2D eigenvalue weighted by molar-refractivity contribution is 5.76. The molecule has 1 heterocycles. The molecule has 3 N–H and O–H groups in total. The van der Waals surface area contributed by atoms with E-state index in [0.29, 0.717) is 11.4 Å². The molecule has 0 saturated heterocycles. The van der Waals surface area contributed by atoms with Crippen molar-refractivity contribution < 1.29 is 13.9 Å². The Kier molecular flexibility index (Phi) is 4.65. The van der Waals surface area contributed by atoms with Gasteiger partial charge in [-0.2, -0.15) is 0 Å². The molecule has 1 aromatic carbocycles. The number of hydrogen-bond acceptors (Lipinski definition) is 4. The SMILES string of the molecule is CC(NC(=O)CCOc1ccccc1N)c1ccco1. The van der Waals surface area contributed by atoms with Gasteiger partial charge in [0.15, 0.2) is 0 Å². The average Bonchev–Trinajstić information content (AvgIpc) is 2.95. The first-order chi connectivity index (χ1) is 9.66. The van der Waals surface area contributed by atoms with Crippen molar-refractivity contribution >= 4 is 11.6 Å². The predicted octanol–water partition coefficient (Wildman–Crippen LogP) is 2.51. The lowest BCUT2D eigenvalue weighted by atomic mass is 10.2. The number of anilines is 1. The minimum absolute atomic E-state index is 0.0941. The number of benzene rings is 1. The van der Waals surface area contributed by atoms with Crippen LogP contribution in [0.5, 0.6) is 5.75 Å². The maximum atomic E-state index is 11.8. The van der Waals surface area contributed by atoms with E-state index in [1.807, 2.05) is 25.1 Å². The minimum atomic E-state index is -0.153. The lowest BCUT2D eigenvalue weighted by Crippen LogP contribution is -2.27. The molecule has 1 atom stereocenters. The highest BCUT2D eigenvalue weighted by Crippen LogP contribution is 2.19. The van der Waals surface area contributed by atoms with Gasteiger partial charge in [0, 0.05) is 0 Å². The normalized spacial score (nSPS) is 11.8. The van der Waals surface area contributed by atoms with Gasteiger partial charge >= 0.3 is 0 Å². The van der Waals surface area contributed by atoms with Crippen LogP contribution in [0.15, 0.2) is 47.1 Å². The molecule has 106 valence electrons. The number of rotatable bonds is 6. The molecule has 1 amide bonds. The molecule has 2 aromatic rings. The third kappa shape index (κ3) is 3.78. The zero-order chi connectivity index (χ0) is 14.4. The molecule has 0 saturated carbocycles. The van der Waals surface area contributed by atoms with Crippen molar-refractivity contribution in [3.05, 3.63) is 48.4 Å². The smallest absolute Gasteiger partial charge is 0.224 e. The Morgan fingerprint density at radius 1 is 1.35 bits per heavy atom. The summed E-state index contributed by atoms with van der Waals surface area (Å²) in [4.78, 5) is 11.8. The van der Waals surface area contributed by atoms with Gasteiger partial charge in [0.1, 0.15) is 11.5 Å². The van der Waals surface area contributed by atoms with Crippen molar-refractivity contribution in [3.63, 3.8) is 0 Å². The van der Waals surface area contributed by atoms with Crippen LogP contribution in [0.4, 0.5) is 5.69 Å². The highest BCUT2D eigenvalue weighted by Gasteiger charge is 2.11. The van der Waals surface area contributed by atoms with Gasteiger partial charge in [0.05, 0.1) is 31.0 Å². The van der Waals surface area contributed by atoms with Crippen LogP contribution < -0.4 is 15.8 Å². The standard InChI is InChI=1S/C15H18N2O3/c1-11(13-7-4-9-19-13)17-15(18)8-10-20-14-6-3-2-5-12(14)16/h2-7,9,11H,8,10,16H2,1H3,(H,17,18). The summed E-state index contributed by atoms with van der Waals surface area (Å²) in [5.74, 6) is 1.23. The van der Waals surface area contributed by atoms with E-state index in [0.717, 1.165) is 5.76 Å². The van der Waals surface area contributed by atoms with Crippen molar-refractivity contribution in [1.82, 2.24) is 5.32 Å². The number of ether oxygens (including phenoxy) is 1. The second-order valence-electron chi connectivity index (χ2n) is 4.44. The summed E-state index contributed by atoms with van der Waals surface area (Å²) in [6.07, 6.45) is 1.85. The van der Waals surface area contributed by atoms with Crippen LogP contribution >= 0.6 is 0 Å². The van der Waals surface area contributed by atoms with Crippen molar-refractivity contribution in [3.8, 4) is 5.75 Å². The molecule has 0 fully saturated rings. The molecule has 1 aromatic heterocycles. The average molecular weight is 274 g/mol. The molecule has 20 heavy (non-hydrogen) atoms. The van der Waals surface area contributed by atoms with Crippen molar-refractivity contribution in [2.24, 2.45) is 0 Å². The minimum Gasteiger partial charge on any atom is -0.491 e. The molecular formula is C15H18N2O3. The van der Waals surface area contributed by atoms with Gasteiger partial charge in [-0.1, -0.05) is 12.1 Å². The van der Waals surface area contributed by atoms with Crippen LogP contribution in [0.25, 0.3) is 0 Å². The number of para-hydroxylation sites is 2. The molecule has 0 aliphatic rings. The lowest BCUT2D eigenvalue weighted by molar-refractivity contribution is -0.122. The third-order valence-electron chi connectivity index (χ3n) is 2.85. The Balaban J connectivity index is 1.74.